The minimum absolute atomic E-state index is 0.202. The van der Waals surface area contributed by atoms with Crippen molar-refractivity contribution in [2.45, 2.75) is 25.9 Å². The van der Waals surface area contributed by atoms with Gasteiger partial charge in [0.2, 0.25) is 5.95 Å². The van der Waals surface area contributed by atoms with Crippen molar-refractivity contribution in [3.05, 3.63) is 24.3 Å². The number of methoxy groups -OCH3 is 1. The molecule has 0 saturated carbocycles. The molecule has 0 spiro atoms. The van der Waals surface area contributed by atoms with Crippen LogP contribution in [0.25, 0.3) is 11.0 Å². The van der Waals surface area contributed by atoms with Gasteiger partial charge in [-0.1, -0.05) is 19.1 Å². The monoisotopic (exact) mass is 247 g/mol. The number of H-pyrrole nitrogens is 1. The van der Waals surface area contributed by atoms with Crippen LogP contribution in [-0.4, -0.2) is 28.6 Å². The predicted octanol–water partition coefficient (Wildman–Crippen LogP) is 2.32. The van der Waals surface area contributed by atoms with Crippen LogP contribution in [0.3, 0.4) is 0 Å². The molecule has 1 atom stereocenters. The van der Waals surface area contributed by atoms with Crippen molar-refractivity contribution in [3.8, 4) is 0 Å². The summed E-state index contributed by atoms with van der Waals surface area (Å²) in [6.45, 7) is 3.66. The molecule has 0 aliphatic carbocycles. The van der Waals surface area contributed by atoms with Gasteiger partial charge in [-0.25, -0.2) is 4.98 Å². The number of amides is 1. The summed E-state index contributed by atoms with van der Waals surface area (Å²) >= 11 is 0. The Kier molecular flexibility index (Phi) is 3.34. The van der Waals surface area contributed by atoms with Gasteiger partial charge < -0.3 is 9.72 Å². The molecule has 1 amide bonds. The highest BCUT2D eigenvalue weighted by atomic mass is 16.5. The molecule has 2 rings (SSSR count). The van der Waals surface area contributed by atoms with Crippen LogP contribution < -0.4 is 5.32 Å². The average Bonchev–Trinajstić information content (AvgIpc) is 2.79. The smallest absolute Gasteiger partial charge is 0.258 e. The number of aromatic nitrogens is 2. The predicted molar refractivity (Wildman–Crippen MR) is 70.4 cm³/mol. The minimum atomic E-state index is -0.834. The zero-order chi connectivity index (χ0) is 13.2. The molecule has 0 radical (unpaired) electrons. The molecule has 18 heavy (non-hydrogen) atoms. The number of rotatable bonds is 4. The molecule has 1 aromatic carbocycles. The van der Waals surface area contributed by atoms with Gasteiger partial charge in [0.25, 0.3) is 5.91 Å². The van der Waals surface area contributed by atoms with Crippen LogP contribution in [-0.2, 0) is 9.53 Å². The van der Waals surface area contributed by atoms with Crippen LogP contribution in [0.4, 0.5) is 5.95 Å². The molecular formula is C13H17N3O2. The summed E-state index contributed by atoms with van der Waals surface area (Å²) in [7, 11) is 1.53. The van der Waals surface area contributed by atoms with Crippen molar-refractivity contribution in [2.24, 2.45) is 0 Å². The Bertz CT molecular complexity index is 525. The highest BCUT2D eigenvalue weighted by Gasteiger charge is 2.31. The second kappa shape index (κ2) is 4.78. The van der Waals surface area contributed by atoms with Crippen LogP contribution in [0.1, 0.15) is 20.3 Å². The van der Waals surface area contributed by atoms with Crippen LogP contribution in [0.5, 0.6) is 0 Å². The van der Waals surface area contributed by atoms with Gasteiger partial charge in [-0.2, -0.15) is 0 Å². The van der Waals surface area contributed by atoms with E-state index in [0.29, 0.717) is 12.4 Å². The first kappa shape index (κ1) is 12.6. The van der Waals surface area contributed by atoms with Gasteiger partial charge in [0.05, 0.1) is 11.0 Å². The van der Waals surface area contributed by atoms with E-state index in [9.17, 15) is 4.79 Å². The number of fused-ring (bicyclic) bond motifs is 1. The molecule has 5 nitrogen and oxygen atoms in total. The molecule has 5 heteroatoms. The van der Waals surface area contributed by atoms with E-state index in [2.05, 4.69) is 15.3 Å². The number of hydrogen-bond acceptors (Lipinski definition) is 3. The molecule has 1 unspecified atom stereocenters. The number of aromatic amines is 1. The first-order valence-corrected chi connectivity index (χ1v) is 5.90. The van der Waals surface area contributed by atoms with Crippen molar-refractivity contribution in [1.29, 1.82) is 0 Å². The Labute approximate surface area is 106 Å². The van der Waals surface area contributed by atoms with Crippen LogP contribution >= 0.6 is 0 Å². The normalized spacial score (nSPS) is 14.4. The number of hydrogen-bond donors (Lipinski definition) is 2. The summed E-state index contributed by atoms with van der Waals surface area (Å²) < 4.78 is 5.24. The molecule has 0 aliphatic rings. The summed E-state index contributed by atoms with van der Waals surface area (Å²) in [5.41, 5.74) is 0.880. The van der Waals surface area contributed by atoms with E-state index in [-0.39, 0.29) is 5.91 Å². The molecule has 0 bridgehead atoms. The second-order valence-corrected chi connectivity index (χ2v) is 4.35. The first-order chi connectivity index (χ1) is 8.59. The third kappa shape index (κ3) is 2.22. The number of carbonyl (C=O) groups is 1. The maximum absolute atomic E-state index is 12.1. The van der Waals surface area contributed by atoms with Crippen molar-refractivity contribution in [3.63, 3.8) is 0 Å². The van der Waals surface area contributed by atoms with Gasteiger partial charge in [-0.3, -0.25) is 10.1 Å². The number of para-hydroxylation sites is 2. The molecule has 0 saturated heterocycles. The van der Waals surface area contributed by atoms with Gasteiger partial charge >= 0.3 is 0 Å². The highest BCUT2D eigenvalue weighted by molar-refractivity contribution is 5.96. The lowest BCUT2D eigenvalue weighted by Gasteiger charge is -2.24. The largest absolute Gasteiger partial charge is 0.369 e. The second-order valence-electron chi connectivity index (χ2n) is 4.35. The Morgan fingerprint density at radius 1 is 1.50 bits per heavy atom. The van der Waals surface area contributed by atoms with Crippen LogP contribution in [0.15, 0.2) is 24.3 Å². The maximum Gasteiger partial charge on any atom is 0.258 e. The van der Waals surface area contributed by atoms with Gasteiger partial charge in [0, 0.05) is 7.11 Å². The third-order valence-corrected chi connectivity index (χ3v) is 3.23. The molecule has 1 aromatic heterocycles. The van der Waals surface area contributed by atoms with E-state index in [1.165, 1.54) is 7.11 Å². The van der Waals surface area contributed by atoms with Crippen LogP contribution in [0.2, 0.25) is 0 Å². The molecule has 0 aliphatic heterocycles. The van der Waals surface area contributed by atoms with E-state index < -0.39 is 5.60 Å². The minimum Gasteiger partial charge on any atom is -0.369 e. The van der Waals surface area contributed by atoms with E-state index in [4.69, 9.17) is 4.74 Å². The fourth-order valence-electron chi connectivity index (χ4n) is 1.65. The molecule has 2 aromatic rings. The summed E-state index contributed by atoms with van der Waals surface area (Å²) in [5, 5.41) is 2.74. The van der Waals surface area contributed by atoms with Crippen LogP contribution in [0, 0.1) is 0 Å². The number of nitrogens with zero attached hydrogens (tertiary/aromatic N) is 1. The van der Waals surface area contributed by atoms with Gasteiger partial charge in [-0.15, -0.1) is 0 Å². The van der Waals surface area contributed by atoms with E-state index in [1.54, 1.807) is 6.92 Å². The van der Waals surface area contributed by atoms with Crippen molar-refractivity contribution < 1.29 is 9.53 Å². The maximum atomic E-state index is 12.1. The fourth-order valence-corrected chi connectivity index (χ4v) is 1.65. The van der Waals surface area contributed by atoms with E-state index >= 15 is 0 Å². The topological polar surface area (TPSA) is 67.0 Å². The molecule has 96 valence electrons. The zero-order valence-electron chi connectivity index (χ0n) is 10.8. The Balaban J connectivity index is 2.21. The summed E-state index contributed by atoms with van der Waals surface area (Å²) in [5.74, 6) is 0.240. The van der Waals surface area contributed by atoms with Gasteiger partial charge in [-0.05, 0) is 25.5 Å². The Hall–Kier alpha value is -1.88. The molecule has 1 heterocycles. The molecular weight excluding hydrogens is 230 g/mol. The number of nitrogens with one attached hydrogen (secondary N) is 2. The number of carbonyl (C=O) groups excluding carboxylic acids is 1. The van der Waals surface area contributed by atoms with Gasteiger partial charge in [0.1, 0.15) is 5.60 Å². The SMILES string of the molecule is CCC(C)(OC)C(=O)Nc1nc2ccccc2[nH]1. The number of anilines is 1. The number of imidazole rings is 1. The molecule has 0 fully saturated rings. The number of ether oxygens (including phenoxy) is 1. The average molecular weight is 247 g/mol. The first-order valence-electron chi connectivity index (χ1n) is 5.90. The van der Waals surface area contributed by atoms with Crippen molar-refractivity contribution >= 4 is 22.9 Å². The lowest BCUT2D eigenvalue weighted by molar-refractivity contribution is -0.136. The van der Waals surface area contributed by atoms with Gasteiger partial charge in [0.15, 0.2) is 0 Å². The Morgan fingerprint density at radius 3 is 2.83 bits per heavy atom. The highest BCUT2D eigenvalue weighted by Crippen LogP contribution is 2.18. The van der Waals surface area contributed by atoms with E-state index in [1.807, 2.05) is 31.2 Å². The standard InChI is InChI=1S/C13H17N3O2/c1-4-13(2,18-3)11(17)16-12-14-9-7-5-6-8-10(9)15-12/h5-8H,4H2,1-3H3,(H2,14,15,16,17). The number of benzene rings is 1. The van der Waals surface area contributed by atoms with Crippen molar-refractivity contribution in [1.82, 2.24) is 9.97 Å². The fraction of sp³-hybridized carbons (Fsp3) is 0.385. The van der Waals surface area contributed by atoms with Crippen molar-refractivity contribution in [2.75, 3.05) is 12.4 Å². The quantitative estimate of drug-likeness (QED) is 0.871. The Morgan fingerprint density at radius 2 is 2.22 bits per heavy atom. The lowest BCUT2D eigenvalue weighted by atomic mass is 10.0. The lowest BCUT2D eigenvalue weighted by Crippen LogP contribution is -2.41. The van der Waals surface area contributed by atoms with E-state index in [0.717, 1.165) is 11.0 Å². The summed E-state index contributed by atoms with van der Waals surface area (Å²) in [6.07, 6.45) is 0.593. The summed E-state index contributed by atoms with van der Waals surface area (Å²) in [6, 6.07) is 7.61. The zero-order valence-corrected chi connectivity index (χ0v) is 10.8. The third-order valence-electron chi connectivity index (χ3n) is 3.23. The summed E-state index contributed by atoms with van der Waals surface area (Å²) in [4.78, 5) is 19.4. The molecule has 2 N–H and O–H groups in total.